The van der Waals surface area contributed by atoms with Crippen LogP contribution < -0.4 is 5.73 Å². The van der Waals surface area contributed by atoms with Crippen LogP contribution in [-0.2, 0) is 4.74 Å². The zero-order valence-electron chi connectivity index (χ0n) is 12.2. The maximum absolute atomic E-state index is 13.4. The summed E-state index contributed by atoms with van der Waals surface area (Å²) in [4.78, 5) is 2.23. The fourth-order valence-corrected chi connectivity index (χ4v) is 2.30. The van der Waals surface area contributed by atoms with E-state index in [9.17, 15) is 4.39 Å². The van der Waals surface area contributed by atoms with E-state index >= 15 is 0 Å². The molecule has 0 aliphatic rings. The molecule has 1 aromatic carbocycles. The summed E-state index contributed by atoms with van der Waals surface area (Å²) in [6, 6.07) is 4.93. The van der Waals surface area contributed by atoms with Crippen LogP contribution in [0.15, 0.2) is 18.2 Å². The van der Waals surface area contributed by atoms with Gasteiger partial charge in [-0.3, -0.25) is 4.90 Å². The average Bonchev–Trinajstić information content (AvgIpc) is 2.41. The van der Waals surface area contributed by atoms with Crippen LogP contribution in [0.2, 0.25) is 0 Å². The molecule has 1 unspecified atom stereocenters. The van der Waals surface area contributed by atoms with Crippen LogP contribution in [0.5, 0.6) is 0 Å². The standard InChI is InChI=1S/C15H25FN2O/c1-4-18(8-9-19-5-2)15(11-17)14-10-13(16)7-6-12(14)3/h6-7,10,15H,4-5,8-9,11,17H2,1-3H3. The lowest BCUT2D eigenvalue weighted by Gasteiger charge is -2.31. The fraction of sp³-hybridized carbons (Fsp3) is 0.600. The number of ether oxygens (including phenoxy) is 1. The Labute approximate surface area is 115 Å². The van der Waals surface area contributed by atoms with E-state index in [2.05, 4.69) is 11.8 Å². The summed E-state index contributed by atoms with van der Waals surface area (Å²) in [6.07, 6.45) is 0. The molecule has 1 aromatic rings. The van der Waals surface area contributed by atoms with Gasteiger partial charge in [0, 0.05) is 25.7 Å². The fourth-order valence-electron chi connectivity index (χ4n) is 2.30. The van der Waals surface area contributed by atoms with Crippen molar-refractivity contribution in [3.05, 3.63) is 35.1 Å². The molecular weight excluding hydrogens is 243 g/mol. The van der Waals surface area contributed by atoms with Crippen molar-refractivity contribution < 1.29 is 9.13 Å². The van der Waals surface area contributed by atoms with E-state index in [1.807, 2.05) is 19.9 Å². The topological polar surface area (TPSA) is 38.5 Å². The van der Waals surface area contributed by atoms with Gasteiger partial charge in [-0.05, 0) is 43.7 Å². The van der Waals surface area contributed by atoms with Crippen LogP contribution in [0.3, 0.4) is 0 Å². The van der Waals surface area contributed by atoms with Crippen molar-refractivity contribution in [3.8, 4) is 0 Å². The van der Waals surface area contributed by atoms with Crippen molar-refractivity contribution in [2.45, 2.75) is 26.8 Å². The molecule has 0 saturated heterocycles. The first-order valence-electron chi connectivity index (χ1n) is 6.91. The Bertz CT molecular complexity index is 384. The Morgan fingerprint density at radius 3 is 2.68 bits per heavy atom. The molecule has 19 heavy (non-hydrogen) atoms. The monoisotopic (exact) mass is 268 g/mol. The average molecular weight is 268 g/mol. The Kier molecular flexibility index (Phi) is 6.99. The molecule has 1 atom stereocenters. The first-order chi connectivity index (χ1) is 9.13. The minimum Gasteiger partial charge on any atom is -0.380 e. The highest BCUT2D eigenvalue weighted by molar-refractivity contribution is 5.30. The van der Waals surface area contributed by atoms with Gasteiger partial charge in [0.25, 0.3) is 0 Å². The molecule has 3 nitrogen and oxygen atoms in total. The van der Waals surface area contributed by atoms with E-state index in [0.29, 0.717) is 19.8 Å². The van der Waals surface area contributed by atoms with Gasteiger partial charge in [0.1, 0.15) is 5.82 Å². The highest BCUT2D eigenvalue weighted by Crippen LogP contribution is 2.23. The first kappa shape index (κ1) is 16.1. The predicted octanol–water partition coefficient (Wildman–Crippen LogP) is 2.49. The zero-order valence-corrected chi connectivity index (χ0v) is 12.2. The minimum absolute atomic E-state index is 0.0427. The third-order valence-electron chi connectivity index (χ3n) is 3.40. The molecule has 0 bridgehead atoms. The molecule has 4 heteroatoms. The molecule has 2 N–H and O–H groups in total. The van der Waals surface area contributed by atoms with Gasteiger partial charge in [-0.15, -0.1) is 0 Å². The molecular formula is C15H25FN2O. The van der Waals surface area contributed by atoms with Crippen molar-refractivity contribution >= 4 is 0 Å². The predicted molar refractivity (Wildman–Crippen MR) is 76.7 cm³/mol. The second-order valence-electron chi connectivity index (χ2n) is 4.58. The summed E-state index contributed by atoms with van der Waals surface area (Å²) in [5, 5.41) is 0. The van der Waals surface area contributed by atoms with E-state index < -0.39 is 0 Å². The Balaban J connectivity index is 2.86. The van der Waals surface area contributed by atoms with Crippen LogP contribution in [0.25, 0.3) is 0 Å². The number of hydrogen-bond donors (Lipinski definition) is 1. The number of benzene rings is 1. The zero-order chi connectivity index (χ0) is 14.3. The summed E-state index contributed by atoms with van der Waals surface area (Å²) in [6.45, 7) is 9.60. The van der Waals surface area contributed by atoms with Crippen LogP contribution in [0, 0.1) is 12.7 Å². The Morgan fingerprint density at radius 1 is 1.37 bits per heavy atom. The van der Waals surface area contributed by atoms with E-state index in [-0.39, 0.29) is 11.9 Å². The minimum atomic E-state index is -0.208. The van der Waals surface area contributed by atoms with Crippen LogP contribution in [0.4, 0.5) is 4.39 Å². The van der Waals surface area contributed by atoms with Crippen molar-refractivity contribution in [2.24, 2.45) is 5.73 Å². The van der Waals surface area contributed by atoms with Gasteiger partial charge >= 0.3 is 0 Å². The number of hydrogen-bond acceptors (Lipinski definition) is 3. The number of nitrogens with two attached hydrogens (primary N) is 1. The number of likely N-dealkylation sites (N-methyl/N-ethyl adjacent to an activating group) is 1. The van der Waals surface area contributed by atoms with Gasteiger partial charge in [-0.25, -0.2) is 4.39 Å². The summed E-state index contributed by atoms with van der Waals surface area (Å²) in [5.74, 6) is -0.208. The van der Waals surface area contributed by atoms with Crippen molar-refractivity contribution in [1.29, 1.82) is 0 Å². The second-order valence-corrected chi connectivity index (χ2v) is 4.58. The van der Waals surface area contributed by atoms with E-state index in [4.69, 9.17) is 10.5 Å². The maximum Gasteiger partial charge on any atom is 0.123 e. The molecule has 0 amide bonds. The largest absolute Gasteiger partial charge is 0.380 e. The molecule has 0 aliphatic heterocycles. The molecule has 0 spiro atoms. The second kappa shape index (κ2) is 8.25. The Hall–Kier alpha value is -0.970. The van der Waals surface area contributed by atoms with Gasteiger partial charge < -0.3 is 10.5 Å². The molecule has 108 valence electrons. The lowest BCUT2D eigenvalue weighted by molar-refractivity contribution is 0.0978. The smallest absolute Gasteiger partial charge is 0.123 e. The normalized spacial score (nSPS) is 12.9. The molecule has 0 aliphatic carbocycles. The SMILES string of the molecule is CCOCCN(CC)C(CN)c1cc(F)ccc1C. The summed E-state index contributed by atoms with van der Waals surface area (Å²) < 4.78 is 18.8. The van der Waals surface area contributed by atoms with Crippen LogP contribution >= 0.6 is 0 Å². The van der Waals surface area contributed by atoms with Crippen LogP contribution in [0.1, 0.15) is 31.0 Å². The third-order valence-corrected chi connectivity index (χ3v) is 3.40. The van der Waals surface area contributed by atoms with Gasteiger partial charge in [0.2, 0.25) is 0 Å². The van der Waals surface area contributed by atoms with E-state index in [1.165, 1.54) is 6.07 Å². The number of halogens is 1. The van der Waals surface area contributed by atoms with Crippen molar-refractivity contribution in [1.82, 2.24) is 4.90 Å². The number of rotatable bonds is 8. The molecule has 0 aromatic heterocycles. The highest BCUT2D eigenvalue weighted by Gasteiger charge is 2.19. The molecule has 0 saturated carbocycles. The van der Waals surface area contributed by atoms with Gasteiger partial charge in [0.15, 0.2) is 0 Å². The highest BCUT2D eigenvalue weighted by atomic mass is 19.1. The third kappa shape index (κ3) is 4.56. The first-order valence-corrected chi connectivity index (χ1v) is 6.91. The summed E-state index contributed by atoms with van der Waals surface area (Å²) in [5.41, 5.74) is 7.95. The van der Waals surface area contributed by atoms with Crippen molar-refractivity contribution in [2.75, 3.05) is 32.8 Å². The lowest BCUT2D eigenvalue weighted by atomic mass is 9.99. The van der Waals surface area contributed by atoms with Gasteiger partial charge in [-0.1, -0.05) is 13.0 Å². The number of nitrogens with zero attached hydrogens (tertiary/aromatic N) is 1. The van der Waals surface area contributed by atoms with E-state index in [1.54, 1.807) is 6.07 Å². The van der Waals surface area contributed by atoms with Crippen molar-refractivity contribution in [3.63, 3.8) is 0 Å². The summed E-state index contributed by atoms with van der Waals surface area (Å²) >= 11 is 0. The quantitative estimate of drug-likeness (QED) is 0.736. The molecule has 0 fully saturated rings. The Morgan fingerprint density at radius 2 is 2.11 bits per heavy atom. The lowest BCUT2D eigenvalue weighted by Crippen LogP contribution is -2.36. The van der Waals surface area contributed by atoms with Gasteiger partial charge in [-0.2, -0.15) is 0 Å². The van der Waals surface area contributed by atoms with Crippen LogP contribution in [-0.4, -0.2) is 37.7 Å². The van der Waals surface area contributed by atoms with E-state index in [0.717, 1.165) is 24.2 Å². The molecule has 0 heterocycles. The maximum atomic E-state index is 13.4. The molecule has 0 radical (unpaired) electrons. The number of aryl methyl sites for hydroxylation is 1. The molecule has 1 rings (SSSR count). The summed E-state index contributed by atoms with van der Waals surface area (Å²) in [7, 11) is 0. The van der Waals surface area contributed by atoms with Gasteiger partial charge in [0.05, 0.1) is 6.61 Å².